The van der Waals surface area contributed by atoms with Gasteiger partial charge in [0.15, 0.2) is 0 Å². The molecule has 1 fully saturated rings. The van der Waals surface area contributed by atoms with Gasteiger partial charge in [0.1, 0.15) is 11.9 Å². The average Bonchev–Trinajstić information content (AvgIpc) is 3.12. The molecule has 2 aromatic rings. The highest BCUT2D eigenvalue weighted by Gasteiger charge is 2.45. The number of aromatic nitrogens is 2. The lowest BCUT2D eigenvalue weighted by atomic mass is 10.1. The van der Waals surface area contributed by atoms with Gasteiger partial charge in [0.2, 0.25) is 0 Å². The molecular formula is C16H20N2O. The molecule has 0 bridgehead atoms. The molecule has 100 valence electrons. The summed E-state index contributed by atoms with van der Waals surface area (Å²) in [4.78, 5) is 4.34. The predicted octanol–water partition coefficient (Wildman–Crippen LogP) is 3.13. The van der Waals surface area contributed by atoms with Crippen molar-refractivity contribution in [3.05, 3.63) is 54.1 Å². The highest BCUT2D eigenvalue weighted by Crippen LogP contribution is 2.53. The summed E-state index contributed by atoms with van der Waals surface area (Å²) >= 11 is 0. The van der Waals surface area contributed by atoms with E-state index in [-0.39, 0.29) is 0 Å². The first-order valence-electron chi connectivity index (χ1n) is 7.05. The Kier molecular flexibility index (Phi) is 3.38. The Balaban J connectivity index is 1.72. The van der Waals surface area contributed by atoms with Crippen molar-refractivity contribution >= 4 is 0 Å². The van der Waals surface area contributed by atoms with E-state index in [0.29, 0.717) is 11.8 Å². The number of nitrogens with zero attached hydrogens (tertiary/aromatic N) is 2. The van der Waals surface area contributed by atoms with Crippen LogP contribution in [0.5, 0.6) is 0 Å². The van der Waals surface area contributed by atoms with Gasteiger partial charge >= 0.3 is 0 Å². The van der Waals surface area contributed by atoms with Crippen LogP contribution in [-0.2, 0) is 6.54 Å². The number of benzene rings is 1. The van der Waals surface area contributed by atoms with E-state index in [1.165, 1.54) is 5.56 Å². The molecule has 1 N–H and O–H groups in total. The summed E-state index contributed by atoms with van der Waals surface area (Å²) < 4.78 is 2.07. The molecule has 1 aliphatic carbocycles. The van der Waals surface area contributed by atoms with Gasteiger partial charge in [-0.1, -0.05) is 37.3 Å². The van der Waals surface area contributed by atoms with Crippen molar-refractivity contribution in [2.24, 2.45) is 5.92 Å². The summed E-state index contributed by atoms with van der Waals surface area (Å²) in [6.07, 6.45) is 5.43. The van der Waals surface area contributed by atoms with Crippen LogP contribution in [0.15, 0.2) is 42.7 Å². The van der Waals surface area contributed by atoms with E-state index in [4.69, 9.17) is 0 Å². The minimum Gasteiger partial charge on any atom is -0.385 e. The first kappa shape index (κ1) is 12.4. The van der Waals surface area contributed by atoms with Crippen LogP contribution >= 0.6 is 0 Å². The van der Waals surface area contributed by atoms with Crippen LogP contribution < -0.4 is 0 Å². The highest BCUT2D eigenvalue weighted by atomic mass is 16.3. The van der Waals surface area contributed by atoms with E-state index in [1.807, 2.05) is 12.3 Å². The Bertz CT molecular complexity index is 535. The van der Waals surface area contributed by atoms with Crippen molar-refractivity contribution in [3.8, 4) is 0 Å². The summed E-state index contributed by atoms with van der Waals surface area (Å²) in [5.74, 6) is 1.63. The molecule has 0 aliphatic heterocycles. The molecule has 1 saturated carbocycles. The van der Waals surface area contributed by atoms with E-state index < -0.39 is 6.10 Å². The van der Waals surface area contributed by atoms with Gasteiger partial charge in [-0.2, -0.15) is 0 Å². The third-order valence-corrected chi connectivity index (χ3v) is 3.95. The quantitative estimate of drug-likeness (QED) is 0.892. The molecule has 1 aromatic heterocycles. The molecule has 0 spiro atoms. The number of rotatable bonds is 5. The van der Waals surface area contributed by atoms with Crippen molar-refractivity contribution in [1.29, 1.82) is 0 Å². The lowest BCUT2D eigenvalue weighted by molar-refractivity contribution is 0.137. The molecule has 3 rings (SSSR count). The molecule has 3 nitrogen and oxygen atoms in total. The van der Waals surface area contributed by atoms with Crippen molar-refractivity contribution in [2.75, 3.05) is 0 Å². The smallest absolute Gasteiger partial charge is 0.137 e. The van der Waals surface area contributed by atoms with E-state index in [1.54, 1.807) is 6.20 Å². The van der Waals surface area contributed by atoms with Gasteiger partial charge in [-0.15, -0.1) is 0 Å². The molecule has 0 saturated heterocycles. The average molecular weight is 256 g/mol. The van der Waals surface area contributed by atoms with Crippen LogP contribution in [0.1, 0.15) is 43.2 Å². The molecule has 1 heterocycles. The number of aliphatic hydroxyl groups is 1. The van der Waals surface area contributed by atoms with E-state index >= 15 is 0 Å². The minimum absolute atomic E-state index is 0.320. The minimum atomic E-state index is -0.438. The second kappa shape index (κ2) is 5.17. The third kappa shape index (κ3) is 2.43. The third-order valence-electron chi connectivity index (χ3n) is 3.95. The Morgan fingerprint density at radius 2 is 2.16 bits per heavy atom. The van der Waals surface area contributed by atoms with Crippen molar-refractivity contribution in [3.63, 3.8) is 0 Å². The Labute approximate surface area is 113 Å². The molecular weight excluding hydrogens is 236 g/mol. The second-order valence-corrected chi connectivity index (χ2v) is 5.34. The van der Waals surface area contributed by atoms with Crippen LogP contribution in [0.2, 0.25) is 0 Å². The molecule has 19 heavy (non-hydrogen) atoms. The number of aryl methyl sites for hydroxylation is 1. The van der Waals surface area contributed by atoms with Crippen LogP contribution in [-0.4, -0.2) is 14.7 Å². The Hall–Kier alpha value is -1.61. The largest absolute Gasteiger partial charge is 0.385 e. The zero-order chi connectivity index (χ0) is 13.2. The molecule has 1 aliphatic rings. The number of imidazole rings is 1. The topological polar surface area (TPSA) is 38.0 Å². The van der Waals surface area contributed by atoms with Gasteiger partial charge in [0.05, 0.1) is 0 Å². The Morgan fingerprint density at radius 1 is 1.37 bits per heavy atom. The summed E-state index contributed by atoms with van der Waals surface area (Å²) in [6.45, 7) is 3.06. The van der Waals surface area contributed by atoms with E-state index in [2.05, 4.69) is 40.7 Å². The van der Waals surface area contributed by atoms with Gasteiger partial charge in [-0.05, 0) is 30.2 Å². The fraction of sp³-hybridized carbons (Fsp3) is 0.438. The summed E-state index contributed by atoms with van der Waals surface area (Å²) in [5, 5.41) is 10.5. The fourth-order valence-corrected chi connectivity index (χ4v) is 2.86. The zero-order valence-electron chi connectivity index (χ0n) is 11.2. The van der Waals surface area contributed by atoms with Crippen molar-refractivity contribution in [2.45, 2.75) is 38.3 Å². The van der Waals surface area contributed by atoms with Crippen molar-refractivity contribution < 1.29 is 5.11 Å². The lowest BCUT2D eigenvalue weighted by Gasteiger charge is -2.12. The van der Waals surface area contributed by atoms with Gasteiger partial charge in [0.25, 0.3) is 0 Å². The monoisotopic (exact) mass is 256 g/mol. The zero-order valence-corrected chi connectivity index (χ0v) is 11.2. The molecule has 0 amide bonds. The molecule has 1 aromatic carbocycles. The van der Waals surface area contributed by atoms with E-state index in [0.717, 1.165) is 25.2 Å². The van der Waals surface area contributed by atoms with Crippen LogP contribution in [0, 0.1) is 5.92 Å². The van der Waals surface area contributed by atoms with Gasteiger partial charge in [-0.25, -0.2) is 4.98 Å². The first-order chi connectivity index (χ1) is 9.31. The molecule has 3 atom stereocenters. The van der Waals surface area contributed by atoms with E-state index in [9.17, 15) is 5.11 Å². The predicted molar refractivity (Wildman–Crippen MR) is 74.8 cm³/mol. The maximum atomic E-state index is 10.5. The molecule has 0 radical (unpaired) electrons. The van der Waals surface area contributed by atoms with Crippen LogP contribution in [0.3, 0.4) is 0 Å². The number of aliphatic hydroxyl groups excluding tert-OH is 1. The lowest BCUT2D eigenvalue weighted by Crippen LogP contribution is -2.10. The first-order valence-corrected chi connectivity index (χ1v) is 7.05. The van der Waals surface area contributed by atoms with Gasteiger partial charge < -0.3 is 9.67 Å². The molecule has 3 heteroatoms. The second-order valence-electron chi connectivity index (χ2n) is 5.34. The SMILES string of the molecule is CCCn1ccnc1C(O)C1CC1c1ccccc1. The van der Waals surface area contributed by atoms with Crippen LogP contribution in [0.25, 0.3) is 0 Å². The fourth-order valence-electron chi connectivity index (χ4n) is 2.86. The van der Waals surface area contributed by atoms with Gasteiger partial charge in [-0.3, -0.25) is 0 Å². The standard InChI is InChI=1S/C16H20N2O/c1-2-9-18-10-8-17-16(18)15(19)14-11-13(14)12-6-4-3-5-7-12/h3-8,10,13-15,19H,2,9,11H2,1H3. The summed E-state index contributed by atoms with van der Waals surface area (Å²) in [6, 6.07) is 10.5. The van der Waals surface area contributed by atoms with Crippen LogP contribution in [0.4, 0.5) is 0 Å². The summed E-state index contributed by atoms with van der Waals surface area (Å²) in [5.41, 5.74) is 1.33. The van der Waals surface area contributed by atoms with Gasteiger partial charge in [0, 0.05) is 18.9 Å². The Morgan fingerprint density at radius 3 is 2.89 bits per heavy atom. The van der Waals surface area contributed by atoms with Crippen molar-refractivity contribution in [1.82, 2.24) is 9.55 Å². The highest BCUT2D eigenvalue weighted by molar-refractivity contribution is 5.27. The summed E-state index contributed by atoms with van der Waals surface area (Å²) in [7, 11) is 0. The maximum Gasteiger partial charge on any atom is 0.137 e. The number of hydrogen-bond donors (Lipinski definition) is 1. The maximum absolute atomic E-state index is 10.5. The number of hydrogen-bond acceptors (Lipinski definition) is 2. The normalized spacial score (nSPS) is 23.3. The molecule has 3 unspecified atom stereocenters.